The quantitative estimate of drug-likeness (QED) is 0.838. The molecule has 0 amide bonds. The Morgan fingerprint density at radius 1 is 0.955 bits per heavy atom. The summed E-state index contributed by atoms with van der Waals surface area (Å²) in [6.45, 7) is 4.09. The van der Waals surface area contributed by atoms with Crippen LogP contribution in [-0.4, -0.2) is 42.0 Å². The summed E-state index contributed by atoms with van der Waals surface area (Å²) in [6.07, 6.45) is 0.962. The molecule has 1 aliphatic carbocycles. The number of hydrogen-bond donors (Lipinski definition) is 0. The third kappa shape index (κ3) is 3.63. The van der Waals surface area contributed by atoms with E-state index in [1.807, 2.05) is 0 Å². The molecule has 1 heterocycles. The molecule has 0 spiro atoms. The minimum Gasteiger partial charge on any atom is -0.298 e. The Morgan fingerprint density at radius 3 is 2.23 bits per heavy atom. The number of hydrogen-bond acceptors (Lipinski definition) is 2. The summed E-state index contributed by atoms with van der Waals surface area (Å²) in [5.41, 5.74) is -0.0995. The summed E-state index contributed by atoms with van der Waals surface area (Å²) in [5, 5.41) is 0. The molecule has 0 unspecified atom stereocenters. The van der Waals surface area contributed by atoms with E-state index >= 15 is 0 Å². The van der Waals surface area contributed by atoms with E-state index in [4.69, 9.17) is 0 Å². The molecule has 1 aromatic carbocycles. The Hall–Kier alpha value is -1.07. The van der Waals surface area contributed by atoms with E-state index in [-0.39, 0.29) is 0 Å². The van der Waals surface area contributed by atoms with Crippen LogP contribution in [0.2, 0.25) is 0 Å². The van der Waals surface area contributed by atoms with Crippen molar-refractivity contribution in [1.29, 1.82) is 0 Å². The van der Waals surface area contributed by atoms with Gasteiger partial charge in [0.15, 0.2) is 0 Å². The van der Waals surface area contributed by atoms with Crippen LogP contribution in [0.5, 0.6) is 0 Å². The maximum Gasteiger partial charge on any atom is 0.416 e. The first kappa shape index (κ1) is 15.8. The second-order valence-corrected chi connectivity index (χ2v) is 6.41. The van der Waals surface area contributed by atoms with E-state index < -0.39 is 11.7 Å². The van der Waals surface area contributed by atoms with Gasteiger partial charge in [-0.15, -0.1) is 0 Å². The molecular formula is C17H23F3N2. The van der Waals surface area contributed by atoms with Crippen LogP contribution < -0.4 is 0 Å². The molecule has 0 radical (unpaired) electrons. The van der Waals surface area contributed by atoms with Gasteiger partial charge >= 0.3 is 6.18 Å². The summed E-state index contributed by atoms with van der Waals surface area (Å²) in [5.74, 6) is 0. The van der Waals surface area contributed by atoms with Crippen LogP contribution in [0.4, 0.5) is 13.2 Å². The third-order valence-electron chi connectivity index (χ3n) is 4.96. The van der Waals surface area contributed by atoms with Crippen molar-refractivity contribution in [3.05, 3.63) is 35.4 Å². The van der Waals surface area contributed by atoms with Crippen LogP contribution in [0.15, 0.2) is 24.3 Å². The van der Waals surface area contributed by atoms with E-state index in [1.165, 1.54) is 37.8 Å². The largest absolute Gasteiger partial charge is 0.416 e. The monoisotopic (exact) mass is 312 g/mol. The summed E-state index contributed by atoms with van der Waals surface area (Å²) in [6, 6.07) is 6.66. The number of nitrogens with zero attached hydrogens (tertiary/aromatic N) is 2. The first-order valence-electron chi connectivity index (χ1n) is 8.15. The zero-order valence-electron chi connectivity index (χ0n) is 12.8. The lowest BCUT2D eigenvalue weighted by atomic mass is 10.1. The molecule has 22 heavy (non-hydrogen) atoms. The van der Waals surface area contributed by atoms with E-state index in [0.29, 0.717) is 18.2 Å². The molecule has 0 N–H and O–H groups in total. The molecule has 2 nitrogen and oxygen atoms in total. The van der Waals surface area contributed by atoms with Crippen LogP contribution in [0.25, 0.3) is 0 Å². The first-order valence-corrected chi connectivity index (χ1v) is 8.15. The minimum atomic E-state index is -4.26. The highest BCUT2D eigenvalue weighted by molar-refractivity contribution is 5.29. The van der Waals surface area contributed by atoms with Crippen LogP contribution >= 0.6 is 0 Å². The first-order chi connectivity index (χ1) is 10.5. The summed E-state index contributed by atoms with van der Waals surface area (Å²) in [7, 11) is 0. The van der Waals surface area contributed by atoms with Crippen molar-refractivity contribution < 1.29 is 13.2 Å². The van der Waals surface area contributed by atoms with Crippen molar-refractivity contribution in [1.82, 2.24) is 9.80 Å². The fourth-order valence-electron chi connectivity index (χ4n) is 3.73. The van der Waals surface area contributed by atoms with Gasteiger partial charge in [-0.05, 0) is 24.5 Å². The molecule has 1 saturated carbocycles. The zero-order chi connectivity index (χ0) is 15.6. The smallest absolute Gasteiger partial charge is 0.298 e. The standard InChI is InChI=1S/C17H23F3N2/c18-17(19,20)16-8-4-1-5-14(16)13-21-9-11-22(12-10-21)15-6-2-3-7-15/h1,4-5,8,15H,2-3,6-7,9-13H2. The Labute approximate surface area is 129 Å². The Balaban J connectivity index is 1.59. The Kier molecular flexibility index (Phi) is 4.73. The van der Waals surface area contributed by atoms with Gasteiger partial charge in [-0.1, -0.05) is 31.0 Å². The highest BCUT2D eigenvalue weighted by Gasteiger charge is 2.33. The summed E-state index contributed by atoms with van der Waals surface area (Å²) in [4.78, 5) is 4.68. The van der Waals surface area contributed by atoms with Gasteiger partial charge in [0.2, 0.25) is 0 Å². The zero-order valence-corrected chi connectivity index (χ0v) is 12.8. The molecule has 0 atom stereocenters. The number of alkyl halides is 3. The predicted octanol–water partition coefficient (Wildman–Crippen LogP) is 3.77. The molecular weight excluding hydrogens is 289 g/mol. The molecule has 122 valence electrons. The second kappa shape index (κ2) is 6.59. The lowest BCUT2D eigenvalue weighted by Crippen LogP contribution is -2.49. The van der Waals surface area contributed by atoms with E-state index in [1.54, 1.807) is 12.1 Å². The number of benzene rings is 1. The fourth-order valence-corrected chi connectivity index (χ4v) is 3.73. The molecule has 0 aromatic heterocycles. The lowest BCUT2D eigenvalue weighted by molar-refractivity contribution is -0.138. The van der Waals surface area contributed by atoms with Gasteiger partial charge in [-0.2, -0.15) is 13.2 Å². The lowest BCUT2D eigenvalue weighted by Gasteiger charge is -2.38. The Bertz CT molecular complexity index is 487. The highest BCUT2D eigenvalue weighted by atomic mass is 19.4. The molecule has 2 fully saturated rings. The van der Waals surface area contributed by atoms with Crippen molar-refractivity contribution in [2.24, 2.45) is 0 Å². The maximum atomic E-state index is 13.0. The van der Waals surface area contributed by atoms with Gasteiger partial charge in [-0.25, -0.2) is 0 Å². The van der Waals surface area contributed by atoms with Gasteiger partial charge in [0.25, 0.3) is 0 Å². The Morgan fingerprint density at radius 2 is 1.59 bits per heavy atom. The predicted molar refractivity (Wildman–Crippen MR) is 80.6 cm³/mol. The van der Waals surface area contributed by atoms with E-state index in [0.717, 1.165) is 26.2 Å². The van der Waals surface area contributed by atoms with Crippen molar-refractivity contribution in [3.63, 3.8) is 0 Å². The minimum absolute atomic E-state index is 0.393. The van der Waals surface area contributed by atoms with Crippen LogP contribution in [0.1, 0.15) is 36.8 Å². The van der Waals surface area contributed by atoms with Gasteiger partial charge in [0.05, 0.1) is 5.56 Å². The van der Waals surface area contributed by atoms with Crippen molar-refractivity contribution >= 4 is 0 Å². The number of halogens is 3. The average Bonchev–Trinajstić information content (AvgIpc) is 3.02. The van der Waals surface area contributed by atoms with Crippen LogP contribution in [-0.2, 0) is 12.7 Å². The van der Waals surface area contributed by atoms with Crippen molar-refractivity contribution in [2.75, 3.05) is 26.2 Å². The topological polar surface area (TPSA) is 6.48 Å². The van der Waals surface area contributed by atoms with Gasteiger partial charge in [-0.3, -0.25) is 9.80 Å². The van der Waals surface area contributed by atoms with Crippen LogP contribution in [0, 0.1) is 0 Å². The van der Waals surface area contributed by atoms with Crippen LogP contribution in [0.3, 0.4) is 0 Å². The van der Waals surface area contributed by atoms with E-state index in [9.17, 15) is 13.2 Å². The summed E-state index contributed by atoms with van der Waals surface area (Å²) >= 11 is 0. The number of piperazine rings is 1. The molecule has 1 aromatic rings. The maximum absolute atomic E-state index is 13.0. The second-order valence-electron chi connectivity index (χ2n) is 6.41. The fraction of sp³-hybridized carbons (Fsp3) is 0.647. The van der Waals surface area contributed by atoms with Gasteiger partial charge in [0.1, 0.15) is 0 Å². The molecule has 3 rings (SSSR count). The average molecular weight is 312 g/mol. The summed E-state index contributed by atoms with van der Waals surface area (Å²) < 4.78 is 39.1. The highest BCUT2D eigenvalue weighted by Crippen LogP contribution is 2.32. The van der Waals surface area contributed by atoms with Crippen molar-refractivity contribution in [3.8, 4) is 0 Å². The van der Waals surface area contributed by atoms with Crippen molar-refractivity contribution in [2.45, 2.75) is 44.4 Å². The SMILES string of the molecule is FC(F)(F)c1ccccc1CN1CCN(C2CCCC2)CC1. The van der Waals surface area contributed by atoms with Gasteiger partial charge in [0, 0.05) is 38.8 Å². The third-order valence-corrected chi connectivity index (χ3v) is 4.96. The number of rotatable bonds is 3. The molecule has 5 heteroatoms. The molecule has 2 aliphatic rings. The normalized spacial score (nSPS) is 22.3. The van der Waals surface area contributed by atoms with Gasteiger partial charge < -0.3 is 0 Å². The molecule has 1 aliphatic heterocycles. The van der Waals surface area contributed by atoms with E-state index in [2.05, 4.69) is 9.80 Å². The molecule has 1 saturated heterocycles. The molecule has 0 bridgehead atoms.